The van der Waals surface area contributed by atoms with Crippen molar-refractivity contribution in [1.29, 1.82) is 0 Å². The molecule has 0 atom stereocenters. The molecule has 0 unspecified atom stereocenters. The van der Waals surface area contributed by atoms with E-state index in [-0.39, 0.29) is 5.69 Å². The van der Waals surface area contributed by atoms with Crippen molar-refractivity contribution in [2.75, 3.05) is 0 Å². The second-order valence-electron chi connectivity index (χ2n) is 3.51. The van der Waals surface area contributed by atoms with Crippen LogP contribution in [0, 0.1) is 6.92 Å². The molecule has 1 N–H and O–H groups in total. The molecule has 3 nitrogen and oxygen atoms in total. The van der Waals surface area contributed by atoms with E-state index in [1.165, 1.54) is 12.8 Å². The summed E-state index contributed by atoms with van der Waals surface area (Å²) in [5.41, 5.74) is 2.42. The molecule has 0 aromatic carbocycles. The van der Waals surface area contributed by atoms with Crippen LogP contribution in [0.3, 0.4) is 0 Å². The lowest BCUT2D eigenvalue weighted by atomic mass is 10.1. The number of carboxylic acids is 1. The van der Waals surface area contributed by atoms with Gasteiger partial charge in [0, 0.05) is 6.20 Å². The van der Waals surface area contributed by atoms with Gasteiger partial charge in [-0.1, -0.05) is 0 Å². The summed E-state index contributed by atoms with van der Waals surface area (Å²) >= 11 is 0. The number of nitrogens with zero attached hydrogens (tertiary/aromatic N) is 1. The van der Waals surface area contributed by atoms with Crippen LogP contribution in [0.1, 0.15) is 40.4 Å². The van der Waals surface area contributed by atoms with Gasteiger partial charge >= 0.3 is 5.97 Å². The monoisotopic (exact) mass is 177 g/mol. The van der Waals surface area contributed by atoms with Crippen molar-refractivity contribution < 1.29 is 9.90 Å². The third kappa shape index (κ3) is 1.54. The van der Waals surface area contributed by atoms with Crippen LogP contribution in [-0.4, -0.2) is 16.1 Å². The van der Waals surface area contributed by atoms with E-state index >= 15 is 0 Å². The molecule has 1 saturated carbocycles. The van der Waals surface area contributed by atoms with E-state index in [2.05, 4.69) is 4.98 Å². The molecule has 1 aliphatic carbocycles. The van der Waals surface area contributed by atoms with Crippen LogP contribution in [0.2, 0.25) is 0 Å². The largest absolute Gasteiger partial charge is 0.477 e. The van der Waals surface area contributed by atoms with Gasteiger partial charge < -0.3 is 5.11 Å². The van der Waals surface area contributed by atoms with Crippen LogP contribution < -0.4 is 0 Å². The minimum Gasteiger partial charge on any atom is -0.477 e. The van der Waals surface area contributed by atoms with Crippen LogP contribution in [0.25, 0.3) is 0 Å². The standard InChI is InChI=1S/C10H11NO2/c1-6-5-11-9(10(12)13)4-8(6)7-2-3-7/h4-5,7H,2-3H2,1H3,(H,12,13). The van der Waals surface area contributed by atoms with Crippen molar-refractivity contribution in [2.45, 2.75) is 25.7 Å². The third-order valence-corrected chi connectivity index (χ3v) is 2.38. The van der Waals surface area contributed by atoms with Gasteiger partial charge in [0.1, 0.15) is 5.69 Å². The van der Waals surface area contributed by atoms with E-state index in [9.17, 15) is 4.79 Å². The summed E-state index contributed by atoms with van der Waals surface area (Å²) in [7, 11) is 0. The zero-order chi connectivity index (χ0) is 9.42. The van der Waals surface area contributed by atoms with Crippen molar-refractivity contribution in [1.82, 2.24) is 4.98 Å². The molecule has 1 fully saturated rings. The highest BCUT2D eigenvalue weighted by molar-refractivity contribution is 5.85. The van der Waals surface area contributed by atoms with Gasteiger partial charge in [-0.3, -0.25) is 0 Å². The Balaban J connectivity index is 2.41. The predicted molar refractivity (Wildman–Crippen MR) is 47.9 cm³/mol. The van der Waals surface area contributed by atoms with Crippen molar-refractivity contribution in [3.63, 3.8) is 0 Å². The third-order valence-electron chi connectivity index (χ3n) is 2.38. The number of pyridine rings is 1. The molecule has 0 spiro atoms. The number of carboxylic acid groups (broad SMARTS) is 1. The average Bonchev–Trinajstić information content (AvgIpc) is 2.87. The Morgan fingerprint density at radius 3 is 2.85 bits per heavy atom. The lowest BCUT2D eigenvalue weighted by Crippen LogP contribution is -2.02. The van der Waals surface area contributed by atoms with E-state index in [0.717, 1.165) is 11.1 Å². The highest BCUT2D eigenvalue weighted by Gasteiger charge is 2.26. The van der Waals surface area contributed by atoms with Crippen LogP contribution in [0.5, 0.6) is 0 Å². The summed E-state index contributed by atoms with van der Waals surface area (Å²) in [5.74, 6) is -0.358. The maximum absolute atomic E-state index is 10.6. The van der Waals surface area contributed by atoms with Gasteiger partial charge in [-0.05, 0) is 42.9 Å². The molecule has 1 aromatic rings. The number of rotatable bonds is 2. The summed E-state index contributed by atoms with van der Waals surface area (Å²) in [6.45, 7) is 1.98. The molecule has 1 aliphatic rings. The molecule has 1 aromatic heterocycles. The first-order chi connectivity index (χ1) is 6.18. The second kappa shape index (κ2) is 2.83. The smallest absolute Gasteiger partial charge is 0.354 e. The minimum absolute atomic E-state index is 0.160. The van der Waals surface area contributed by atoms with Gasteiger partial charge in [0.25, 0.3) is 0 Å². The first-order valence-corrected chi connectivity index (χ1v) is 4.38. The number of hydrogen-bond acceptors (Lipinski definition) is 2. The lowest BCUT2D eigenvalue weighted by molar-refractivity contribution is 0.0690. The molecule has 0 amide bonds. The number of aryl methyl sites for hydroxylation is 1. The zero-order valence-corrected chi connectivity index (χ0v) is 7.45. The Morgan fingerprint density at radius 2 is 2.31 bits per heavy atom. The fourth-order valence-corrected chi connectivity index (χ4v) is 1.49. The van der Waals surface area contributed by atoms with Crippen molar-refractivity contribution >= 4 is 5.97 Å². The van der Waals surface area contributed by atoms with Gasteiger partial charge in [0.15, 0.2) is 0 Å². The molecule has 1 heterocycles. The topological polar surface area (TPSA) is 50.2 Å². The molecular formula is C10H11NO2. The highest BCUT2D eigenvalue weighted by atomic mass is 16.4. The fraction of sp³-hybridized carbons (Fsp3) is 0.400. The van der Waals surface area contributed by atoms with Gasteiger partial charge in [-0.25, -0.2) is 9.78 Å². The summed E-state index contributed by atoms with van der Waals surface area (Å²) < 4.78 is 0. The molecule has 13 heavy (non-hydrogen) atoms. The molecule has 0 saturated heterocycles. The van der Waals surface area contributed by atoms with E-state index in [1.807, 2.05) is 6.92 Å². The van der Waals surface area contributed by atoms with Gasteiger partial charge in [0.05, 0.1) is 0 Å². The Kier molecular flexibility index (Phi) is 1.79. The predicted octanol–water partition coefficient (Wildman–Crippen LogP) is 1.97. The van der Waals surface area contributed by atoms with Crippen molar-refractivity contribution in [2.24, 2.45) is 0 Å². The first kappa shape index (κ1) is 8.23. The van der Waals surface area contributed by atoms with Crippen molar-refractivity contribution in [3.8, 4) is 0 Å². The SMILES string of the molecule is Cc1cnc(C(=O)O)cc1C1CC1. The summed E-state index contributed by atoms with van der Waals surface area (Å²) in [6.07, 6.45) is 4.02. The van der Waals surface area contributed by atoms with E-state index < -0.39 is 5.97 Å². The molecule has 0 bridgehead atoms. The van der Waals surface area contributed by atoms with E-state index in [0.29, 0.717) is 5.92 Å². The van der Waals surface area contributed by atoms with E-state index in [1.54, 1.807) is 12.3 Å². The number of aromatic nitrogens is 1. The Bertz CT molecular complexity index is 356. The van der Waals surface area contributed by atoms with Crippen LogP contribution in [0.4, 0.5) is 0 Å². The van der Waals surface area contributed by atoms with Crippen LogP contribution >= 0.6 is 0 Å². The van der Waals surface area contributed by atoms with Crippen molar-refractivity contribution in [3.05, 3.63) is 29.1 Å². The molecule has 0 aliphatic heterocycles. The Labute approximate surface area is 76.4 Å². The van der Waals surface area contributed by atoms with Gasteiger partial charge in [-0.15, -0.1) is 0 Å². The maximum atomic E-state index is 10.6. The second-order valence-corrected chi connectivity index (χ2v) is 3.51. The van der Waals surface area contributed by atoms with E-state index in [4.69, 9.17) is 5.11 Å². The maximum Gasteiger partial charge on any atom is 0.354 e. The normalized spacial score (nSPS) is 15.8. The molecular weight excluding hydrogens is 166 g/mol. The molecule has 3 heteroatoms. The zero-order valence-electron chi connectivity index (χ0n) is 7.45. The first-order valence-electron chi connectivity index (χ1n) is 4.38. The summed E-state index contributed by atoms with van der Waals surface area (Å²) in [4.78, 5) is 14.5. The number of aromatic carboxylic acids is 1. The Morgan fingerprint density at radius 1 is 1.62 bits per heavy atom. The van der Waals surface area contributed by atoms with Crippen LogP contribution in [-0.2, 0) is 0 Å². The van der Waals surface area contributed by atoms with Gasteiger partial charge in [-0.2, -0.15) is 0 Å². The number of carbonyl (C=O) groups is 1. The summed E-state index contributed by atoms with van der Waals surface area (Å²) in [5, 5.41) is 8.74. The minimum atomic E-state index is -0.943. The molecule has 68 valence electrons. The average molecular weight is 177 g/mol. The summed E-state index contributed by atoms with van der Waals surface area (Å²) in [6, 6.07) is 1.70. The highest BCUT2D eigenvalue weighted by Crippen LogP contribution is 2.41. The molecule has 0 radical (unpaired) electrons. The lowest BCUT2D eigenvalue weighted by Gasteiger charge is -2.03. The Hall–Kier alpha value is -1.38. The molecule has 2 rings (SSSR count). The quantitative estimate of drug-likeness (QED) is 0.751. The van der Waals surface area contributed by atoms with Crippen LogP contribution in [0.15, 0.2) is 12.3 Å². The fourth-order valence-electron chi connectivity index (χ4n) is 1.49. The number of hydrogen-bond donors (Lipinski definition) is 1. The van der Waals surface area contributed by atoms with Gasteiger partial charge in [0.2, 0.25) is 0 Å².